The molecule has 1 aliphatic rings. The summed E-state index contributed by atoms with van der Waals surface area (Å²) in [6.07, 6.45) is 3.33. The quantitative estimate of drug-likeness (QED) is 0.805. The zero-order chi connectivity index (χ0) is 13.8. The van der Waals surface area contributed by atoms with Crippen molar-refractivity contribution in [1.82, 2.24) is 10.3 Å². The van der Waals surface area contributed by atoms with Gasteiger partial charge in [0, 0.05) is 23.9 Å². The molecule has 1 atom stereocenters. The molecule has 0 aliphatic heterocycles. The molecule has 0 spiro atoms. The van der Waals surface area contributed by atoms with E-state index in [4.69, 9.17) is 5.11 Å². The predicted molar refractivity (Wildman–Crippen MR) is 76.3 cm³/mol. The summed E-state index contributed by atoms with van der Waals surface area (Å²) in [7, 11) is 0. The van der Waals surface area contributed by atoms with Gasteiger partial charge in [-0.05, 0) is 25.2 Å². The average Bonchev–Trinajstić information content (AvgIpc) is 3.09. The van der Waals surface area contributed by atoms with Crippen molar-refractivity contribution in [2.75, 3.05) is 6.61 Å². The van der Waals surface area contributed by atoms with Gasteiger partial charge in [-0.25, -0.2) is 4.98 Å². The Hall–Kier alpha value is -0.940. The Morgan fingerprint density at radius 3 is 2.84 bits per heavy atom. The van der Waals surface area contributed by atoms with Gasteiger partial charge in [0.2, 0.25) is 5.91 Å². The third-order valence-electron chi connectivity index (χ3n) is 3.38. The number of carbonyl (C=O) groups excluding carboxylic acids is 1. The van der Waals surface area contributed by atoms with Crippen molar-refractivity contribution in [3.63, 3.8) is 0 Å². The molecule has 2 rings (SSSR count). The lowest BCUT2D eigenvalue weighted by Gasteiger charge is -2.16. The standard InChI is InChI=1S/C14H22N2O2S/c1-9(2)14-15-11(8-19-14)7-13(18)16-12(5-6-17)10-3-4-10/h8-10,12,17H,3-7H2,1-2H3,(H,16,18). The average molecular weight is 282 g/mol. The van der Waals surface area contributed by atoms with Crippen LogP contribution in [0.1, 0.15) is 49.7 Å². The van der Waals surface area contributed by atoms with Crippen LogP contribution >= 0.6 is 11.3 Å². The van der Waals surface area contributed by atoms with Gasteiger partial charge >= 0.3 is 0 Å². The first kappa shape index (κ1) is 14.5. The molecule has 1 heterocycles. The summed E-state index contributed by atoms with van der Waals surface area (Å²) in [5.41, 5.74) is 0.852. The molecular weight excluding hydrogens is 260 g/mol. The molecule has 1 unspecified atom stereocenters. The van der Waals surface area contributed by atoms with Crippen LogP contribution in [-0.2, 0) is 11.2 Å². The SMILES string of the molecule is CC(C)c1nc(CC(=O)NC(CCO)C2CC2)cs1. The van der Waals surface area contributed by atoms with E-state index >= 15 is 0 Å². The molecule has 1 saturated carbocycles. The maximum absolute atomic E-state index is 12.0. The zero-order valence-corrected chi connectivity index (χ0v) is 12.4. The number of carbonyl (C=O) groups is 1. The number of nitrogens with zero attached hydrogens (tertiary/aromatic N) is 1. The summed E-state index contributed by atoms with van der Waals surface area (Å²) in [5.74, 6) is 0.999. The third kappa shape index (κ3) is 4.28. The number of aromatic nitrogens is 1. The summed E-state index contributed by atoms with van der Waals surface area (Å²) in [6, 6.07) is 0.140. The molecule has 19 heavy (non-hydrogen) atoms. The number of hydrogen-bond acceptors (Lipinski definition) is 4. The zero-order valence-electron chi connectivity index (χ0n) is 11.6. The van der Waals surface area contributed by atoms with Gasteiger partial charge in [0.25, 0.3) is 0 Å². The number of aliphatic hydroxyl groups is 1. The Morgan fingerprint density at radius 2 is 2.32 bits per heavy atom. The van der Waals surface area contributed by atoms with E-state index < -0.39 is 0 Å². The second-order valence-electron chi connectivity index (χ2n) is 5.53. The van der Waals surface area contributed by atoms with Crippen molar-refractivity contribution < 1.29 is 9.90 Å². The smallest absolute Gasteiger partial charge is 0.226 e. The van der Waals surface area contributed by atoms with Crippen LogP contribution in [0.25, 0.3) is 0 Å². The molecule has 0 bridgehead atoms. The van der Waals surface area contributed by atoms with Crippen LogP contribution in [0.15, 0.2) is 5.38 Å². The van der Waals surface area contributed by atoms with Gasteiger partial charge in [-0.2, -0.15) is 0 Å². The van der Waals surface area contributed by atoms with E-state index in [0.29, 0.717) is 24.7 Å². The summed E-state index contributed by atoms with van der Waals surface area (Å²) in [5, 5.41) is 15.1. The summed E-state index contributed by atoms with van der Waals surface area (Å²) < 4.78 is 0. The fourth-order valence-electron chi connectivity index (χ4n) is 2.15. The summed E-state index contributed by atoms with van der Waals surface area (Å²) in [6.45, 7) is 4.34. The number of hydrogen-bond donors (Lipinski definition) is 2. The largest absolute Gasteiger partial charge is 0.396 e. The van der Waals surface area contributed by atoms with Gasteiger partial charge < -0.3 is 10.4 Å². The number of aliphatic hydroxyl groups excluding tert-OH is 1. The van der Waals surface area contributed by atoms with Crippen LogP contribution in [0.5, 0.6) is 0 Å². The van der Waals surface area contributed by atoms with E-state index in [1.165, 1.54) is 12.8 Å². The van der Waals surface area contributed by atoms with Crippen LogP contribution in [-0.4, -0.2) is 28.6 Å². The molecule has 5 heteroatoms. The van der Waals surface area contributed by atoms with E-state index in [-0.39, 0.29) is 18.6 Å². The highest BCUT2D eigenvalue weighted by Crippen LogP contribution is 2.33. The first-order valence-electron chi connectivity index (χ1n) is 6.94. The number of amides is 1. The van der Waals surface area contributed by atoms with Gasteiger partial charge in [0.15, 0.2) is 0 Å². The van der Waals surface area contributed by atoms with E-state index in [1.54, 1.807) is 11.3 Å². The molecule has 0 aromatic carbocycles. The number of nitrogens with one attached hydrogen (secondary N) is 1. The van der Waals surface area contributed by atoms with Crippen LogP contribution in [0, 0.1) is 5.92 Å². The van der Waals surface area contributed by atoms with Crippen LogP contribution in [0.3, 0.4) is 0 Å². The van der Waals surface area contributed by atoms with Crippen molar-refractivity contribution in [2.24, 2.45) is 5.92 Å². The van der Waals surface area contributed by atoms with Gasteiger partial charge in [0.05, 0.1) is 17.1 Å². The maximum atomic E-state index is 12.0. The highest BCUT2D eigenvalue weighted by Gasteiger charge is 2.31. The Balaban J connectivity index is 1.85. The Bertz CT molecular complexity index is 427. The molecule has 2 N–H and O–H groups in total. The molecule has 106 valence electrons. The molecule has 1 aromatic rings. The molecule has 4 nitrogen and oxygen atoms in total. The third-order valence-corrected chi connectivity index (χ3v) is 4.58. The van der Waals surface area contributed by atoms with Gasteiger partial charge in [-0.15, -0.1) is 11.3 Å². The van der Waals surface area contributed by atoms with E-state index in [2.05, 4.69) is 24.1 Å². The molecule has 1 aromatic heterocycles. The van der Waals surface area contributed by atoms with Crippen LogP contribution < -0.4 is 5.32 Å². The summed E-state index contributed by atoms with van der Waals surface area (Å²) >= 11 is 1.62. The predicted octanol–water partition coefficient (Wildman–Crippen LogP) is 2.09. The molecule has 0 radical (unpaired) electrons. The normalized spacial score (nSPS) is 16.6. The minimum absolute atomic E-state index is 0.0194. The fraction of sp³-hybridized carbons (Fsp3) is 0.714. The van der Waals surface area contributed by atoms with Crippen molar-refractivity contribution in [1.29, 1.82) is 0 Å². The van der Waals surface area contributed by atoms with Gasteiger partial charge in [-0.3, -0.25) is 4.79 Å². The lowest BCUT2D eigenvalue weighted by molar-refractivity contribution is -0.121. The number of rotatable bonds is 7. The molecule has 1 aliphatic carbocycles. The number of thiazole rings is 1. The second kappa shape index (κ2) is 6.48. The summed E-state index contributed by atoms with van der Waals surface area (Å²) in [4.78, 5) is 16.5. The van der Waals surface area contributed by atoms with Gasteiger partial charge in [-0.1, -0.05) is 13.8 Å². The minimum atomic E-state index is 0.0194. The lowest BCUT2D eigenvalue weighted by Crippen LogP contribution is -2.38. The van der Waals surface area contributed by atoms with E-state index in [9.17, 15) is 4.79 Å². The highest BCUT2D eigenvalue weighted by molar-refractivity contribution is 7.09. The maximum Gasteiger partial charge on any atom is 0.226 e. The monoisotopic (exact) mass is 282 g/mol. The molecule has 1 amide bonds. The Kier molecular flexibility index (Phi) is 4.93. The first-order chi connectivity index (χ1) is 9.10. The Labute approximate surface area is 118 Å². The second-order valence-corrected chi connectivity index (χ2v) is 6.42. The Morgan fingerprint density at radius 1 is 1.58 bits per heavy atom. The fourth-order valence-corrected chi connectivity index (χ4v) is 2.99. The first-order valence-corrected chi connectivity index (χ1v) is 7.82. The van der Waals surface area contributed by atoms with Crippen molar-refractivity contribution in [3.8, 4) is 0 Å². The molecule has 0 saturated heterocycles. The van der Waals surface area contributed by atoms with Crippen LogP contribution in [0.2, 0.25) is 0 Å². The molecule has 1 fully saturated rings. The molecular formula is C14H22N2O2S. The van der Waals surface area contributed by atoms with Crippen molar-refractivity contribution >= 4 is 17.2 Å². The van der Waals surface area contributed by atoms with Crippen LogP contribution in [0.4, 0.5) is 0 Å². The minimum Gasteiger partial charge on any atom is -0.396 e. The van der Waals surface area contributed by atoms with Crippen molar-refractivity contribution in [3.05, 3.63) is 16.1 Å². The topological polar surface area (TPSA) is 62.2 Å². The van der Waals surface area contributed by atoms with Gasteiger partial charge in [0.1, 0.15) is 0 Å². The van der Waals surface area contributed by atoms with Crippen molar-refractivity contribution in [2.45, 2.75) is 51.5 Å². The lowest BCUT2D eigenvalue weighted by atomic mass is 10.1. The highest BCUT2D eigenvalue weighted by atomic mass is 32.1. The van der Waals surface area contributed by atoms with E-state index in [1.807, 2.05) is 5.38 Å². The van der Waals surface area contributed by atoms with E-state index in [0.717, 1.165) is 10.7 Å².